The summed E-state index contributed by atoms with van der Waals surface area (Å²) in [4.78, 5) is 13.9. The second-order valence-electron chi connectivity index (χ2n) is 8.73. The van der Waals surface area contributed by atoms with Crippen molar-refractivity contribution in [3.63, 3.8) is 0 Å². The molecule has 32 heavy (non-hydrogen) atoms. The molecular formula is C25H25F2N3O2. The summed E-state index contributed by atoms with van der Waals surface area (Å²) < 4.78 is 33.2. The molecule has 2 N–H and O–H groups in total. The van der Waals surface area contributed by atoms with Crippen molar-refractivity contribution in [1.82, 2.24) is 4.90 Å². The van der Waals surface area contributed by atoms with E-state index in [-0.39, 0.29) is 22.9 Å². The van der Waals surface area contributed by atoms with E-state index < -0.39 is 17.2 Å². The van der Waals surface area contributed by atoms with Gasteiger partial charge in [0, 0.05) is 18.7 Å². The average molecular weight is 437 g/mol. The zero-order chi connectivity index (χ0) is 23.5. The van der Waals surface area contributed by atoms with Crippen molar-refractivity contribution in [3.05, 3.63) is 64.2 Å². The lowest BCUT2D eigenvalue weighted by Crippen LogP contribution is -2.41. The molecule has 1 aliphatic heterocycles. The lowest BCUT2D eigenvalue weighted by atomic mass is 9.89. The van der Waals surface area contributed by atoms with Gasteiger partial charge in [0.1, 0.15) is 11.7 Å². The molecule has 0 radical (unpaired) electrons. The normalized spacial score (nSPS) is 14.3. The van der Waals surface area contributed by atoms with E-state index in [9.17, 15) is 13.6 Å². The van der Waals surface area contributed by atoms with E-state index in [1.54, 1.807) is 23.1 Å². The molecule has 0 bridgehead atoms. The van der Waals surface area contributed by atoms with E-state index >= 15 is 0 Å². The maximum Gasteiger partial charge on any atom is 0.410 e. The summed E-state index contributed by atoms with van der Waals surface area (Å²) in [5.41, 5.74) is 6.33. The largest absolute Gasteiger partial charge is 0.444 e. The van der Waals surface area contributed by atoms with Crippen LogP contribution in [0.15, 0.2) is 30.3 Å². The number of nitriles is 1. The second kappa shape index (κ2) is 9.28. The van der Waals surface area contributed by atoms with Crippen LogP contribution in [0.5, 0.6) is 0 Å². The molecule has 1 saturated heterocycles. The van der Waals surface area contributed by atoms with Gasteiger partial charge in [0.25, 0.3) is 0 Å². The quantitative estimate of drug-likeness (QED) is 0.507. The third kappa shape index (κ3) is 5.36. The van der Waals surface area contributed by atoms with Crippen LogP contribution in [0.3, 0.4) is 0 Å². The Morgan fingerprint density at radius 2 is 1.78 bits per heavy atom. The molecule has 1 amide bonds. The molecule has 7 heteroatoms. The van der Waals surface area contributed by atoms with E-state index in [1.165, 1.54) is 0 Å². The number of halogens is 2. The van der Waals surface area contributed by atoms with Crippen LogP contribution in [0.25, 0.3) is 0 Å². The number of benzene rings is 2. The van der Waals surface area contributed by atoms with Crippen LogP contribution in [-0.4, -0.2) is 29.7 Å². The molecule has 1 fully saturated rings. The highest BCUT2D eigenvalue weighted by Gasteiger charge is 2.27. The van der Waals surface area contributed by atoms with Gasteiger partial charge in [-0.3, -0.25) is 0 Å². The van der Waals surface area contributed by atoms with Gasteiger partial charge in [-0.05, 0) is 63.3 Å². The minimum Gasteiger partial charge on any atom is -0.444 e. The fourth-order valence-corrected chi connectivity index (χ4v) is 3.55. The van der Waals surface area contributed by atoms with Crippen molar-refractivity contribution >= 4 is 11.8 Å². The molecule has 0 aromatic heterocycles. The van der Waals surface area contributed by atoms with Crippen molar-refractivity contribution in [2.24, 2.45) is 0 Å². The first-order chi connectivity index (χ1) is 15.1. The molecule has 0 unspecified atom stereocenters. The van der Waals surface area contributed by atoms with Crippen molar-refractivity contribution in [2.45, 2.75) is 45.1 Å². The lowest BCUT2D eigenvalue weighted by Gasteiger charge is -2.33. The number of carbonyl (C=O) groups is 1. The van der Waals surface area contributed by atoms with Crippen molar-refractivity contribution in [1.29, 1.82) is 5.26 Å². The van der Waals surface area contributed by atoms with Gasteiger partial charge in [-0.15, -0.1) is 0 Å². The molecule has 5 nitrogen and oxygen atoms in total. The van der Waals surface area contributed by atoms with Gasteiger partial charge in [-0.1, -0.05) is 24.0 Å². The van der Waals surface area contributed by atoms with Gasteiger partial charge < -0.3 is 15.4 Å². The number of ether oxygens (including phenoxy) is 1. The summed E-state index contributed by atoms with van der Waals surface area (Å²) in [6.07, 6.45) is 1.36. The third-order valence-electron chi connectivity index (χ3n) is 5.24. The highest BCUT2D eigenvalue weighted by Crippen LogP contribution is 2.29. The van der Waals surface area contributed by atoms with E-state index in [1.807, 2.05) is 32.9 Å². The predicted molar refractivity (Wildman–Crippen MR) is 118 cm³/mol. The number of anilines is 1. The topological polar surface area (TPSA) is 79.3 Å². The molecular weight excluding hydrogens is 412 g/mol. The highest BCUT2D eigenvalue weighted by atomic mass is 19.2. The Morgan fingerprint density at radius 3 is 2.34 bits per heavy atom. The first-order valence-electron chi connectivity index (χ1n) is 10.4. The van der Waals surface area contributed by atoms with Crippen molar-refractivity contribution in [3.8, 4) is 17.9 Å². The summed E-state index contributed by atoms with van der Waals surface area (Å²) in [5.74, 6) is 3.32. The summed E-state index contributed by atoms with van der Waals surface area (Å²) in [6.45, 7) is 6.80. The van der Waals surface area contributed by atoms with Crippen LogP contribution in [0.4, 0.5) is 19.3 Å². The molecule has 0 saturated carbocycles. The van der Waals surface area contributed by atoms with E-state index in [0.29, 0.717) is 24.6 Å². The van der Waals surface area contributed by atoms with Crippen LogP contribution < -0.4 is 5.73 Å². The van der Waals surface area contributed by atoms with Crippen LogP contribution in [0.1, 0.15) is 61.8 Å². The van der Waals surface area contributed by atoms with E-state index in [2.05, 4.69) is 11.8 Å². The zero-order valence-electron chi connectivity index (χ0n) is 18.3. The number of hydrogen-bond donors (Lipinski definition) is 1. The fraction of sp³-hybridized carbons (Fsp3) is 0.360. The Hall–Kier alpha value is -3.58. The maximum atomic E-state index is 14.1. The third-order valence-corrected chi connectivity index (χ3v) is 5.24. The summed E-state index contributed by atoms with van der Waals surface area (Å²) in [6, 6.07) is 10.0. The minimum atomic E-state index is -1.16. The van der Waals surface area contributed by atoms with Gasteiger partial charge in [0.05, 0.1) is 16.8 Å². The standard InChI is InChI=1S/C25H25F2N3O2/c1-25(2,3)32-24(31)30-12-10-18(11-13-30)17-7-4-16(5-8-17)6-9-20-22(27)21(26)14-19(15-28)23(20)29/h4-5,7-8,14,18H,10-13,29H2,1-3H3. The second-order valence-corrected chi connectivity index (χ2v) is 8.73. The molecule has 0 aliphatic carbocycles. The number of amides is 1. The summed E-state index contributed by atoms with van der Waals surface area (Å²) >= 11 is 0. The number of nitrogens with two attached hydrogens (primary N) is 1. The lowest BCUT2D eigenvalue weighted by molar-refractivity contribution is 0.0205. The molecule has 0 atom stereocenters. The molecule has 166 valence electrons. The van der Waals surface area contributed by atoms with Crippen molar-refractivity contribution < 1.29 is 18.3 Å². The number of rotatable bonds is 1. The van der Waals surface area contributed by atoms with Gasteiger partial charge in [0.15, 0.2) is 11.6 Å². The van der Waals surface area contributed by atoms with Gasteiger partial charge in [-0.2, -0.15) is 5.26 Å². The Balaban J connectivity index is 1.68. The Morgan fingerprint density at radius 1 is 1.16 bits per heavy atom. The average Bonchev–Trinajstić information content (AvgIpc) is 2.75. The molecule has 3 rings (SSSR count). The van der Waals surface area contributed by atoms with Crippen LogP contribution in [0, 0.1) is 34.8 Å². The van der Waals surface area contributed by atoms with Gasteiger partial charge >= 0.3 is 6.09 Å². The van der Waals surface area contributed by atoms with Gasteiger partial charge in [0.2, 0.25) is 0 Å². The Kier molecular flexibility index (Phi) is 6.69. The fourth-order valence-electron chi connectivity index (χ4n) is 3.55. The molecule has 2 aromatic rings. The molecule has 1 heterocycles. The number of piperidine rings is 1. The van der Waals surface area contributed by atoms with Gasteiger partial charge in [-0.25, -0.2) is 13.6 Å². The van der Waals surface area contributed by atoms with E-state index in [0.717, 1.165) is 24.5 Å². The monoisotopic (exact) mass is 437 g/mol. The van der Waals surface area contributed by atoms with Crippen LogP contribution in [0.2, 0.25) is 0 Å². The summed E-state index contributed by atoms with van der Waals surface area (Å²) in [5, 5.41) is 9.00. The number of carbonyl (C=O) groups excluding carboxylic acids is 1. The highest BCUT2D eigenvalue weighted by molar-refractivity contribution is 5.68. The van der Waals surface area contributed by atoms with Crippen LogP contribution >= 0.6 is 0 Å². The first-order valence-corrected chi connectivity index (χ1v) is 10.4. The SMILES string of the molecule is CC(C)(C)OC(=O)N1CCC(c2ccc(C#Cc3c(N)c(C#N)cc(F)c3F)cc2)CC1. The first kappa shape index (κ1) is 23.1. The zero-order valence-corrected chi connectivity index (χ0v) is 18.3. The number of nitrogens with zero attached hydrogens (tertiary/aromatic N) is 2. The smallest absolute Gasteiger partial charge is 0.410 e. The minimum absolute atomic E-state index is 0.152. The molecule has 0 spiro atoms. The van der Waals surface area contributed by atoms with Crippen molar-refractivity contribution in [2.75, 3.05) is 18.8 Å². The predicted octanol–water partition coefficient (Wildman–Crippen LogP) is 4.93. The maximum absolute atomic E-state index is 14.1. The molecule has 2 aromatic carbocycles. The molecule has 1 aliphatic rings. The Bertz CT molecular complexity index is 1110. The van der Waals surface area contributed by atoms with E-state index in [4.69, 9.17) is 15.7 Å². The summed E-state index contributed by atoms with van der Waals surface area (Å²) in [7, 11) is 0. The Labute approximate surface area is 186 Å². The number of nitrogen functional groups attached to an aromatic ring is 1. The van der Waals surface area contributed by atoms with Crippen LogP contribution in [-0.2, 0) is 4.74 Å². The number of hydrogen-bond acceptors (Lipinski definition) is 4. The number of likely N-dealkylation sites (tertiary alicyclic amines) is 1.